The third-order valence-electron chi connectivity index (χ3n) is 9.20. The molecule has 0 atom stereocenters. The third-order valence-corrected chi connectivity index (χ3v) is 10.6. The fourth-order valence-corrected chi connectivity index (χ4v) is 7.73. The molecule has 0 fully saturated rings. The molecule has 0 saturated heterocycles. The second-order valence-electron chi connectivity index (χ2n) is 15.2. The van der Waals surface area contributed by atoms with Crippen LogP contribution in [0.2, 0.25) is 0 Å². The number of halogens is 5. The number of hydrogen-bond donors (Lipinski definition) is 0. The minimum atomic E-state index is -4.31. The van der Waals surface area contributed by atoms with Gasteiger partial charge in [0.15, 0.2) is 0 Å². The van der Waals surface area contributed by atoms with Crippen LogP contribution in [-0.2, 0) is 47.7 Å². The van der Waals surface area contributed by atoms with Crippen molar-refractivity contribution in [1.29, 1.82) is 0 Å². The SMILES string of the molecule is Cc1[c-]c2c(cc1C(C)(C)C)-c1cc(C(C)(C)C)c(C)cc1C2.FC(F)(F)c1cccc([C](=[Zr+2])c2cccc3ccccc23)c1.[C-]1=CC=CC1.[Cl-].[Cl-]. The molecule has 0 amide bonds. The van der Waals surface area contributed by atoms with Crippen LogP contribution < -0.4 is 24.8 Å². The first-order valence-electron chi connectivity index (χ1n) is 17.1. The van der Waals surface area contributed by atoms with Gasteiger partial charge in [-0.1, -0.05) is 71.6 Å². The summed E-state index contributed by atoms with van der Waals surface area (Å²) >= 11 is 1.09. The maximum absolute atomic E-state index is 12.9. The van der Waals surface area contributed by atoms with Gasteiger partial charge >= 0.3 is 141 Å². The van der Waals surface area contributed by atoms with Crippen LogP contribution in [0.25, 0.3) is 21.9 Å². The van der Waals surface area contributed by atoms with Gasteiger partial charge in [0.1, 0.15) is 0 Å². The van der Waals surface area contributed by atoms with E-state index < -0.39 is 11.7 Å². The topological polar surface area (TPSA) is 0 Å². The van der Waals surface area contributed by atoms with Gasteiger partial charge in [-0.05, 0) is 35.4 Å². The zero-order chi connectivity index (χ0) is 36.4. The summed E-state index contributed by atoms with van der Waals surface area (Å²) in [6.07, 6.45) is 6.71. The molecular weight excluding hydrogens is 772 g/mol. The Kier molecular flexibility index (Phi) is 14.5. The Balaban J connectivity index is 0.000000239. The summed E-state index contributed by atoms with van der Waals surface area (Å²) in [6.45, 7) is 18.2. The molecule has 0 aliphatic heterocycles. The molecule has 0 bridgehead atoms. The van der Waals surface area contributed by atoms with Crippen LogP contribution in [0.1, 0.15) is 98.0 Å². The predicted octanol–water partition coefficient (Wildman–Crippen LogP) is 6.56. The smallest absolute Gasteiger partial charge is 0.109 e. The van der Waals surface area contributed by atoms with E-state index in [0.717, 1.165) is 62.7 Å². The average Bonchev–Trinajstić information content (AvgIpc) is 3.74. The van der Waals surface area contributed by atoms with E-state index in [0.29, 0.717) is 5.56 Å². The molecule has 6 heteroatoms. The zero-order valence-corrected chi connectivity index (χ0v) is 35.1. The van der Waals surface area contributed by atoms with Gasteiger partial charge < -0.3 is 24.8 Å². The van der Waals surface area contributed by atoms with Crippen molar-refractivity contribution in [3.8, 4) is 11.1 Å². The zero-order valence-electron chi connectivity index (χ0n) is 31.1. The Hall–Kier alpha value is -3.04. The molecule has 0 unspecified atom stereocenters. The Bertz CT molecular complexity index is 2030. The molecule has 0 nitrogen and oxygen atoms in total. The fraction of sp³-hybridized carbons (Fsp3) is 0.283. The molecule has 0 spiro atoms. The van der Waals surface area contributed by atoms with Crippen molar-refractivity contribution in [2.24, 2.45) is 0 Å². The van der Waals surface area contributed by atoms with Crippen molar-refractivity contribution >= 4 is 14.0 Å². The Morgan fingerprint density at radius 1 is 0.731 bits per heavy atom. The maximum atomic E-state index is 12.9. The molecule has 0 saturated carbocycles. The quantitative estimate of drug-likeness (QED) is 0.174. The largest absolute Gasteiger partial charge is 1.00 e. The van der Waals surface area contributed by atoms with Crippen LogP contribution in [0.4, 0.5) is 13.2 Å². The summed E-state index contributed by atoms with van der Waals surface area (Å²) in [5.74, 6) is 0. The molecule has 5 aromatic rings. The second-order valence-corrected chi connectivity index (χ2v) is 16.4. The maximum Gasteiger partial charge on any atom is -0.109 e. The molecule has 270 valence electrons. The summed E-state index contributed by atoms with van der Waals surface area (Å²) in [5, 5.41) is 2.15. The van der Waals surface area contributed by atoms with Gasteiger partial charge in [0.2, 0.25) is 0 Å². The predicted molar refractivity (Wildman–Crippen MR) is 201 cm³/mol. The van der Waals surface area contributed by atoms with Gasteiger partial charge in [0.05, 0.1) is 0 Å². The average molecular weight is 817 g/mol. The van der Waals surface area contributed by atoms with Crippen molar-refractivity contribution in [2.45, 2.75) is 85.2 Å². The first kappa shape index (κ1) is 43.4. The monoisotopic (exact) mass is 814 g/mol. The number of rotatable bonds is 2. The number of aryl methyl sites for hydroxylation is 2. The molecule has 52 heavy (non-hydrogen) atoms. The Morgan fingerprint density at radius 2 is 1.37 bits per heavy atom. The first-order chi connectivity index (χ1) is 23.4. The van der Waals surface area contributed by atoms with Gasteiger partial charge in [-0.3, -0.25) is 6.08 Å². The van der Waals surface area contributed by atoms with Crippen LogP contribution in [-0.4, -0.2) is 3.21 Å². The molecule has 0 radical (unpaired) electrons. The summed E-state index contributed by atoms with van der Waals surface area (Å²) < 4.78 is 39.6. The second kappa shape index (κ2) is 17.4. The summed E-state index contributed by atoms with van der Waals surface area (Å²) in [7, 11) is 0. The van der Waals surface area contributed by atoms with Crippen molar-refractivity contribution < 1.29 is 62.2 Å². The van der Waals surface area contributed by atoms with Crippen LogP contribution in [0, 0.1) is 26.0 Å². The van der Waals surface area contributed by atoms with Gasteiger partial charge in [-0.15, -0.1) is 23.1 Å². The van der Waals surface area contributed by atoms with Crippen LogP contribution in [0.15, 0.2) is 103 Å². The Morgan fingerprint density at radius 3 is 1.96 bits per heavy atom. The van der Waals surface area contributed by atoms with E-state index in [2.05, 4.69) is 91.8 Å². The van der Waals surface area contributed by atoms with E-state index >= 15 is 0 Å². The molecule has 2 aliphatic carbocycles. The first-order valence-corrected chi connectivity index (χ1v) is 18.3. The van der Waals surface area contributed by atoms with E-state index in [4.69, 9.17) is 0 Å². The molecular formula is C46H45Cl2F3Zr-2. The Labute approximate surface area is 335 Å². The number of allylic oxidation sites excluding steroid dienone is 4. The number of benzene rings is 5. The summed E-state index contributed by atoms with van der Waals surface area (Å²) in [6, 6.07) is 30.3. The van der Waals surface area contributed by atoms with Crippen molar-refractivity contribution in [3.05, 3.63) is 165 Å². The molecule has 0 N–H and O–H groups in total. The van der Waals surface area contributed by atoms with Crippen LogP contribution >= 0.6 is 0 Å². The molecule has 0 heterocycles. The van der Waals surface area contributed by atoms with Gasteiger partial charge in [-0.2, -0.15) is 23.8 Å². The summed E-state index contributed by atoms with van der Waals surface area (Å²) in [4.78, 5) is 0. The number of fused-ring (bicyclic) bond motifs is 4. The fourth-order valence-electron chi connectivity index (χ4n) is 6.81. The van der Waals surface area contributed by atoms with Crippen LogP contribution in [0.5, 0.6) is 0 Å². The van der Waals surface area contributed by atoms with E-state index in [9.17, 15) is 13.2 Å². The molecule has 5 aromatic carbocycles. The normalized spacial score (nSPS) is 12.8. The summed E-state index contributed by atoms with van der Waals surface area (Å²) in [5.41, 5.74) is 12.6. The molecule has 2 aliphatic rings. The molecule has 7 rings (SSSR count). The van der Waals surface area contributed by atoms with Gasteiger partial charge in [-0.25, -0.2) is 12.2 Å². The number of hydrogen-bond acceptors (Lipinski definition) is 0. The third kappa shape index (κ3) is 10.1. The van der Waals surface area contributed by atoms with E-state index in [-0.39, 0.29) is 35.6 Å². The minimum Gasteiger partial charge on any atom is -1.00 e. The van der Waals surface area contributed by atoms with Crippen LogP contribution in [0.3, 0.4) is 0 Å². The standard InChI is InChI=1S/C23H29.C18H11F3.C5H5.2ClH.Zr/c1-14-9-16-11-17-10-15(2)21(23(6,7)8)13-19(17)18(16)12-20(14)22(3,4)5;19-18(20,21)16-9-3-5-13(12-16)11-15-8-4-7-14-6-1-2-10-17(14)15;1-2-4-5-3-1;;;/h9,12-13H,11H2,1-8H3;1-10,12H;1-3H,4H2;2*1H;/q-1;;-1;;;+2/p-2. The van der Waals surface area contributed by atoms with Gasteiger partial charge in [0.25, 0.3) is 0 Å². The van der Waals surface area contributed by atoms with Crippen molar-refractivity contribution in [1.82, 2.24) is 0 Å². The minimum absolute atomic E-state index is 0. The number of alkyl halides is 3. The molecule has 0 aromatic heterocycles. The van der Waals surface area contributed by atoms with E-state index in [1.807, 2.05) is 54.6 Å². The van der Waals surface area contributed by atoms with Crippen molar-refractivity contribution in [3.63, 3.8) is 0 Å². The van der Waals surface area contributed by atoms with E-state index in [1.165, 1.54) is 56.6 Å². The van der Waals surface area contributed by atoms with Crippen molar-refractivity contribution in [2.75, 3.05) is 0 Å². The van der Waals surface area contributed by atoms with Gasteiger partial charge in [0, 0.05) is 0 Å². The van der Waals surface area contributed by atoms with E-state index in [1.54, 1.807) is 6.07 Å².